The summed E-state index contributed by atoms with van der Waals surface area (Å²) in [5.41, 5.74) is 1.74. The molecule has 0 saturated carbocycles. The van der Waals surface area contributed by atoms with Crippen molar-refractivity contribution in [2.24, 2.45) is 0 Å². The van der Waals surface area contributed by atoms with Gasteiger partial charge in [0, 0.05) is 34.5 Å². The zero-order valence-corrected chi connectivity index (χ0v) is 20.6. The molecule has 0 fully saturated rings. The van der Waals surface area contributed by atoms with Crippen molar-refractivity contribution in [3.8, 4) is 5.69 Å². The minimum Gasteiger partial charge on any atom is -0.790 e. The predicted octanol–water partition coefficient (Wildman–Crippen LogP) is 0.464. The Morgan fingerprint density at radius 2 is 1.67 bits per heavy atom. The number of nitrogens with zero attached hydrogens (tertiary/aromatic N) is 2. The van der Waals surface area contributed by atoms with Crippen molar-refractivity contribution >= 4 is 40.8 Å². The fraction of sp³-hybridized carbons (Fsp3) is 0. The number of anilines is 1. The predicted molar refractivity (Wildman–Crippen MR) is 121 cm³/mol. The first-order valence-corrected chi connectivity index (χ1v) is 11.5. The fourth-order valence-electron chi connectivity index (χ4n) is 3.45. The van der Waals surface area contributed by atoms with Crippen molar-refractivity contribution < 1.29 is 48.2 Å². The number of amides is 1. The molecule has 9 heteroatoms. The Morgan fingerprint density at radius 1 is 0.970 bits per heavy atom. The molecule has 1 amide bonds. The summed E-state index contributed by atoms with van der Waals surface area (Å²) in [6, 6.07) is 24.1. The van der Waals surface area contributed by atoms with Crippen LogP contribution in [0.5, 0.6) is 0 Å². The van der Waals surface area contributed by atoms with E-state index in [2.05, 4.69) is 10.3 Å². The zero-order valence-electron chi connectivity index (χ0n) is 17.7. The Labute approximate surface area is 211 Å². The number of benzene rings is 3. The van der Waals surface area contributed by atoms with E-state index in [9.17, 15) is 14.3 Å². The quantitative estimate of drug-likeness (QED) is 0.300. The monoisotopic (exact) mass is 465 g/mol. The topological polar surface area (TPSA) is 100 Å². The molecule has 0 bridgehead atoms. The van der Waals surface area contributed by atoms with Gasteiger partial charge in [-0.05, 0) is 36.4 Å². The number of nitrogens with one attached hydrogen (secondary N) is 1. The van der Waals surface area contributed by atoms with E-state index in [1.807, 2.05) is 18.2 Å². The van der Waals surface area contributed by atoms with Crippen molar-refractivity contribution in [2.75, 3.05) is 5.32 Å². The molecule has 2 heterocycles. The molecule has 0 spiro atoms. The average molecular weight is 465 g/mol. The Kier molecular flexibility index (Phi) is 6.70. The van der Waals surface area contributed by atoms with Crippen LogP contribution in [-0.2, 0) is 4.57 Å². The van der Waals surface area contributed by atoms with Gasteiger partial charge in [0.05, 0.1) is 0 Å². The van der Waals surface area contributed by atoms with E-state index < -0.39 is 7.37 Å². The number of aromatic nitrogens is 2. The van der Waals surface area contributed by atoms with Gasteiger partial charge in [0.25, 0.3) is 5.91 Å². The van der Waals surface area contributed by atoms with Gasteiger partial charge in [0.1, 0.15) is 13.0 Å². The molecule has 0 aliphatic heterocycles. The first kappa shape index (κ1) is 23.2. The van der Waals surface area contributed by atoms with E-state index in [-0.39, 0.29) is 52.1 Å². The molecule has 158 valence electrons. The summed E-state index contributed by atoms with van der Waals surface area (Å²) in [4.78, 5) is 29.6. The maximum Gasteiger partial charge on any atom is 1.00 e. The van der Waals surface area contributed by atoms with Gasteiger partial charge in [-0.15, -0.1) is 0 Å². The Balaban J connectivity index is 0.00000259. The zero-order chi connectivity index (χ0) is 22.1. The van der Waals surface area contributed by atoms with E-state index in [0.717, 1.165) is 5.39 Å². The summed E-state index contributed by atoms with van der Waals surface area (Å²) in [6.45, 7) is 0. The summed E-state index contributed by atoms with van der Waals surface area (Å²) in [5.74, 6) is -0.160. The van der Waals surface area contributed by atoms with Gasteiger partial charge in [-0.1, -0.05) is 48.5 Å². The molecule has 0 radical (unpaired) electrons. The maximum absolute atomic E-state index is 13.0. The standard InChI is InChI=1S/C24H18N3O4P.Na/c28-23(22-16-17-6-4-5-9-21(17)31-22)26-18-10-12-19(13-11-18)27-15-14-25-24(27)32(29,30)20-7-2-1-3-8-20;/h1-16H,(H,26,28)(H,29,30);/q;+1/p-1. The van der Waals surface area contributed by atoms with E-state index in [4.69, 9.17) is 4.42 Å². The number of hydrogen-bond donors (Lipinski definition) is 1. The van der Waals surface area contributed by atoms with Crippen LogP contribution in [0.25, 0.3) is 16.7 Å². The third-order valence-electron chi connectivity index (χ3n) is 5.03. The third kappa shape index (κ3) is 4.60. The molecule has 0 aliphatic carbocycles. The summed E-state index contributed by atoms with van der Waals surface area (Å²) < 4.78 is 20.1. The van der Waals surface area contributed by atoms with Gasteiger partial charge >= 0.3 is 29.6 Å². The second-order valence-electron chi connectivity index (χ2n) is 7.13. The molecule has 5 rings (SSSR count). The molecule has 2 aromatic heterocycles. The Hall–Kier alpha value is -2.93. The molecular formula is C24H17N3NaO4P. The SMILES string of the molecule is O=C(Nc1ccc(-n2ccnc2P(=O)([O-])c2ccccc2)cc1)c1cc2ccccc2o1.[Na+]. The maximum atomic E-state index is 13.0. The normalized spacial score (nSPS) is 12.6. The van der Waals surface area contributed by atoms with Gasteiger partial charge in [-0.25, -0.2) is 4.98 Å². The van der Waals surface area contributed by atoms with Crippen LogP contribution in [0.2, 0.25) is 0 Å². The van der Waals surface area contributed by atoms with Crippen LogP contribution in [0.1, 0.15) is 10.6 Å². The second-order valence-corrected chi connectivity index (χ2v) is 9.15. The molecular weight excluding hydrogens is 448 g/mol. The van der Waals surface area contributed by atoms with Crippen molar-refractivity contribution in [2.45, 2.75) is 0 Å². The minimum atomic E-state index is -4.12. The number of carbonyl (C=O) groups excluding carboxylic acids is 1. The average Bonchev–Trinajstić information content (AvgIpc) is 3.48. The van der Waals surface area contributed by atoms with E-state index in [0.29, 0.717) is 17.0 Å². The van der Waals surface area contributed by atoms with Crippen LogP contribution in [0.15, 0.2) is 102 Å². The summed E-state index contributed by atoms with van der Waals surface area (Å²) in [6.07, 6.45) is 3.03. The number of para-hydroxylation sites is 1. The van der Waals surface area contributed by atoms with Crippen molar-refractivity contribution in [1.29, 1.82) is 0 Å². The number of rotatable bonds is 5. The van der Waals surface area contributed by atoms with Crippen molar-refractivity contribution in [3.05, 3.63) is 103 Å². The Morgan fingerprint density at radius 3 is 2.39 bits per heavy atom. The van der Waals surface area contributed by atoms with Crippen LogP contribution in [0, 0.1) is 0 Å². The second kappa shape index (κ2) is 9.51. The number of furan rings is 1. The Bertz CT molecular complexity index is 1430. The summed E-state index contributed by atoms with van der Waals surface area (Å²) >= 11 is 0. The molecule has 1 atom stereocenters. The smallest absolute Gasteiger partial charge is 0.790 e. The molecule has 0 saturated heterocycles. The van der Waals surface area contributed by atoms with Crippen LogP contribution < -0.4 is 50.6 Å². The van der Waals surface area contributed by atoms with E-state index in [1.54, 1.807) is 72.9 Å². The largest absolute Gasteiger partial charge is 1.00 e. The van der Waals surface area contributed by atoms with Crippen LogP contribution >= 0.6 is 7.37 Å². The van der Waals surface area contributed by atoms with Crippen LogP contribution in [0.3, 0.4) is 0 Å². The van der Waals surface area contributed by atoms with E-state index >= 15 is 0 Å². The van der Waals surface area contributed by atoms with Gasteiger partial charge in [0.15, 0.2) is 11.3 Å². The van der Waals surface area contributed by atoms with Gasteiger partial charge in [-0.2, -0.15) is 0 Å². The number of hydrogen-bond acceptors (Lipinski definition) is 5. The van der Waals surface area contributed by atoms with Crippen LogP contribution in [-0.4, -0.2) is 15.5 Å². The molecule has 5 aromatic rings. The molecule has 1 unspecified atom stereocenters. The van der Waals surface area contributed by atoms with Crippen molar-refractivity contribution in [3.63, 3.8) is 0 Å². The number of imidazole rings is 1. The van der Waals surface area contributed by atoms with Crippen LogP contribution in [0.4, 0.5) is 5.69 Å². The molecule has 33 heavy (non-hydrogen) atoms. The molecule has 3 aromatic carbocycles. The first-order valence-electron chi connectivity index (χ1n) is 9.83. The minimum absolute atomic E-state index is 0. The summed E-state index contributed by atoms with van der Waals surface area (Å²) in [5, 5.41) is 3.83. The van der Waals surface area contributed by atoms with Crippen molar-refractivity contribution in [1.82, 2.24) is 9.55 Å². The van der Waals surface area contributed by atoms with Gasteiger partial charge < -0.3 is 19.2 Å². The molecule has 7 nitrogen and oxygen atoms in total. The summed E-state index contributed by atoms with van der Waals surface area (Å²) in [7, 11) is -4.12. The number of fused-ring (bicyclic) bond motifs is 1. The molecule has 1 N–H and O–H groups in total. The van der Waals surface area contributed by atoms with Gasteiger partial charge in [0.2, 0.25) is 0 Å². The molecule has 0 aliphatic rings. The third-order valence-corrected chi connectivity index (χ3v) is 6.87. The fourth-order valence-corrected chi connectivity index (χ4v) is 4.93. The van der Waals surface area contributed by atoms with Gasteiger partial charge in [-0.3, -0.25) is 9.36 Å². The van der Waals surface area contributed by atoms with E-state index in [1.165, 1.54) is 10.8 Å². The number of carbonyl (C=O) groups is 1. The first-order chi connectivity index (χ1) is 15.5.